The molecule has 3 heterocycles. The smallest absolute Gasteiger partial charge is 0.291 e. The number of carbonyl (C=O) groups excluding carboxylic acids is 1. The molecule has 1 fully saturated rings. The molecule has 2 aromatic carbocycles. The Morgan fingerprint density at radius 1 is 1.07 bits per heavy atom. The molecule has 2 atom stereocenters. The maximum absolute atomic E-state index is 13.3. The van der Waals surface area contributed by atoms with E-state index in [4.69, 9.17) is 16.0 Å². The summed E-state index contributed by atoms with van der Waals surface area (Å²) in [4.78, 5) is 28.1. The van der Waals surface area contributed by atoms with Gasteiger partial charge in [0.25, 0.3) is 5.91 Å². The fourth-order valence-electron chi connectivity index (χ4n) is 4.31. The molecule has 3 aromatic rings. The summed E-state index contributed by atoms with van der Waals surface area (Å²) in [6.07, 6.45) is 0.326. The summed E-state index contributed by atoms with van der Waals surface area (Å²) >= 11 is 6.17. The number of rotatable bonds is 2. The van der Waals surface area contributed by atoms with Crippen LogP contribution in [-0.2, 0) is 9.84 Å². The highest BCUT2D eigenvalue weighted by atomic mass is 35.5. The van der Waals surface area contributed by atoms with E-state index in [1.807, 2.05) is 0 Å². The lowest BCUT2D eigenvalue weighted by atomic mass is 9.97. The highest BCUT2D eigenvalue weighted by molar-refractivity contribution is 7.91. The molecule has 0 radical (unpaired) electrons. The fourth-order valence-corrected chi connectivity index (χ4v) is 6.22. The molecule has 1 aromatic heterocycles. The first-order chi connectivity index (χ1) is 13.9. The monoisotopic (exact) mass is 429 g/mol. The molecule has 2 aliphatic heterocycles. The van der Waals surface area contributed by atoms with Crippen LogP contribution in [0.2, 0.25) is 5.02 Å². The van der Waals surface area contributed by atoms with Crippen molar-refractivity contribution in [3.8, 4) is 0 Å². The second-order valence-electron chi connectivity index (χ2n) is 7.40. The molecule has 6 nitrogen and oxygen atoms in total. The summed E-state index contributed by atoms with van der Waals surface area (Å²) in [7, 11) is -3.23. The van der Waals surface area contributed by atoms with Crippen LogP contribution in [0.1, 0.15) is 34.1 Å². The molecule has 1 amide bonds. The van der Waals surface area contributed by atoms with Crippen molar-refractivity contribution < 1.29 is 17.6 Å². The number of para-hydroxylation sites is 1. The van der Waals surface area contributed by atoms with Gasteiger partial charge in [-0.25, -0.2) is 8.42 Å². The zero-order valence-corrected chi connectivity index (χ0v) is 16.7. The van der Waals surface area contributed by atoms with Crippen molar-refractivity contribution in [1.82, 2.24) is 4.90 Å². The van der Waals surface area contributed by atoms with E-state index in [0.717, 1.165) is 0 Å². The van der Waals surface area contributed by atoms with Gasteiger partial charge in [-0.2, -0.15) is 0 Å². The van der Waals surface area contributed by atoms with Gasteiger partial charge >= 0.3 is 0 Å². The standard InChI is InChI=1S/C21H16ClNO5S/c22-13-5-3-4-12(10-13)18-17-19(24)15-6-1-2-7-16(15)28-20(17)21(25)23(18)14-8-9-29(26,27)11-14/h1-7,10,14,18H,8-9,11H2/t14-,18+/m1/s1. The van der Waals surface area contributed by atoms with E-state index >= 15 is 0 Å². The van der Waals surface area contributed by atoms with E-state index in [0.29, 0.717) is 28.0 Å². The van der Waals surface area contributed by atoms with Gasteiger partial charge in [0.15, 0.2) is 15.3 Å². The van der Waals surface area contributed by atoms with E-state index in [-0.39, 0.29) is 28.3 Å². The van der Waals surface area contributed by atoms with Gasteiger partial charge in [-0.3, -0.25) is 9.59 Å². The molecule has 0 N–H and O–H groups in total. The summed E-state index contributed by atoms with van der Waals surface area (Å²) in [5.41, 5.74) is 0.926. The van der Waals surface area contributed by atoms with Crippen molar-refractivity contribution in [3.05, 3.63) is 80.7 Å². The Balaban J connectivity index is 1.77. The maximum atomic E-state index is 13.3. The maximum Gasteiger partial charge on any atom is 0.291 e. The zero-order valence-electron chi connectivity index (χ0n) is 15.2. The van der Waals surface area contributed by atoms with Crippen LogP contribution in [0, 0.1) is 0 Å². The number of carbonyl (C=O) groups is 1. The van der Waals surface area contributed by atoms with Gasteiger partial charge in [-0.1, -0.05) is 35.9 Å². The largest absolute Gasteiger partial charge is 0.450 e. The second kappa shape index (κ2) is 6.43. The normalized spacial score (nSPS) is 22.9. The van der Waals surface area contributed by atoms with Crippen LogP contribution in [0.3, 0.4) is 0 Å². The minimum absolute atomic E-state index is 0.0173. The SMILES string of the molecule is O=C1c2oc3ccccc3c(=O)c2[C@H](c2cccc(Cl)c2)N1[C@@H]1CCS(=O)(=O)C1. The molecule has 0 spiro atoms. The molecule has 148 valence electrons. The highest BCUT2D eigenvalue weighted by Crippen LogP contribution is 2.41. The summed E-state index contributed by atoms with van der Waals surface area (Å²) in [5, 5.41) is 0.847. The molecule has 1 saturated heterocycles. The number of hydrogen-bond donors (Lipinski definition) is 0. The third-order valence-electron chi connectivity index (χ3n) is 5.58. The van der Waals surface area contributed by atoms with E-state index < -0.39 is 27.8 Å². The number of sulfone groups is 1. The molecule has 29 heavy (non-hydrogen) atoms. The Kier molecular flexibility index (Phi) is 4.08. The van der Waals surface area contributed by atoms with Gasteiger partial charge in [0, 0.05) is 11.1 Å². The van der Waals surface area contributed by atoms with Crippen LogP contribution >= 0.6 is 11.6 Å². The average molecular weight is 430 g/mol. The van der Waals surface area contributed by atoms with Crippen molar-refractivity contribution in [3.63, 3.8) is 0 Å². The second-order valence-corrected chi connectivity index (χ2v) is 10.1. The Bertz CT molecular complexity index is 1330. The van der Waals surface area contributed by atoms with Crippen LogP contribution in [0.25, 0.3) is 11.0 Å². The first-order valence-electron chi connectivity index (χ1n) is 9.20. The van der Waals surface area contributed by atoms with E-state index in [1.54, 1.807) is 48.5 Å². The predicted octanol–water partition coefficient (Wildman–Crippen LogP) is 3.18. The van der Waals surface area contributed by atoms with Crippen molar-refractivity contribution in [2.24, 2.45) is 0 Å². The minimum Gasteiger partial charge on any atom is -0.450 e. The van der Waals surface area contributed by atoms with Crippen molar-refractivity contribution >= 4 is 38.3 Å². The number of halogens is 1. The molecule has 0 bridgehead atoms. The van der Waals surface area contributed by atoms with Crippen LogP contribution in [0.4, 0.5) is 0 Å². The summed E-state index contributed by atoms with van der Waals surface area (Å²) in [6, 6.07) is 12.4. The molecule has 8 heteroatoms. The Morgan fingerprint density at radius 3 is 2.59 bits per heavy atom. The van der Waals surface area contributed by atoms with Crippen LogP contribution in [0.15, 0.2) is 57.7 Å². The summed E-state index contributed by atoms with van der Waals surface area (Å²) < 4.78 is 30.0. The lowest BCUT2D eigenvalue weighted by Gasteiger charge is -2.30. The minimum atomic E-state index is -3.23. The molecule has 0 unspecified atom stereocenters. The number of benzene rings is 2. The van der Waals surface area contributed by atoms with Gasteiger partial charge in [0.1, 0.15) is 5.58 Å². The first-order valence-corrected chi connectivity index (χ1v) is 11.4. The number of fused-ring (bicyclic) bond motifs is 2. The lowest BCUT2D eigenvalue weighted by Crippen LogP contribution is -2.40. The Hall–Kier alpha value is -2.64. The summed E-state index contributed by atoms with van der Waals surface area (Å²) in [5.74, 6) is -0.598. The molecule has 0 saturated carbocycles. The lowest BCUT2D eigenvalue weighted by molar-refractivity contribution is 0.0662. The van der Waals surface area contributed by atoms with Gasteiger partial charge in [-0.15, -0.1) is 0 Å². The predicted molar refractivity (Wildman–Crippen MR) is 109 cm³/mol. The zero-order chi connectivity index (χ0) is 20.3. The number of nitrogens with zero attached hydrogens (tertiary/aromatic N) is 1. The number of amides is 1. The van der Waals surface area contributed by atoms with Crippen molar-refractivity contribution in [2.45, 2.75) is 18.5 Å². The van der Waals surface area contributed by atoms with E-state index in [9.17, 15) is 18.0 Å². The van der Waals surface area contributed by atoms with Gasteiger partial charge in [0.2, 0.25) is 5.76 Å². The quantitative estimate of drug-likeness (QED) is 0.624. The third-order valence-corrected chi connectivity index (χ3v) is 7.56. The van der Waals surface area contributed by atoms with Crippen molar-refractivity contribution in [2.75, 3.05) is 11.5 Å². The molecular formula is C21H16ClNO5S. The molecule has 0 aliphatic carbocycles. The fraction of sp³-hybridized carbons (Fsp3) is 0.238. The van der Waals surface area contributed by atoms with Gasteiger partial charge in [-0.05, 0) is 36.2 Å². The van der Waals surface area contributed by atoms with Crippen molar-refractivity contribution in [1.29, 1.82) is 0 Å². The number of hydrogen-bond acceptors (Lipinski definition) is 5. The topological polar surface area (TPSA) is 84.7 Å². The van der Waals surface area contributed by atoms with Gasteiger partial charge < -0.3 is 9.32 Å². The molecule has 2 aliphatic rings. The third kappa shape index (κ3) is 2.88. The van der Waals surface area contributed by atoms with Crippen LogP contribution in [-0.4, -0.2) is 36.8 Å². The van der Waals surface area contributed by atoms with E-state index in [1.165, 1.54) is 4.90 Å². The molecular weight excluding hydrogens is 414 g/mol. The van der Waals surface area contributed by atoms with Crippen LogP contribution in [0.5, 0.6) is 0 Å². The highest BCUT2D eigenvalue weighted by Gasteiger charge is 2.48. The Morgan fingerprint density at radius 2 is 1.86 bits per heavy atom. The van der Waals surface area contributed by atoms with Crippen LogP contribution < -0.4 is 5.43 Å². The molecule has 5 rings (SSSR count). The van der Waals surface area contributed by atoms with E-state index in [2.05, 4.69) is 0 Å². The summed E-state index contributed by atoms with van der Waals surface area (Å²) in [6.45, 7) is 0. The Labute approximate surface area is 171 Å². The average Bonchev–Trinajstić information content (AvgIpc) is 3.19. The first kappa shape index (κ1) is 18.4. The van der Waals surface area contributed by atoms with Gasteiger partial charge in [0.05, 0.1) is 28.5 Å².